The van der Waals surface area contributed by atoms with E-state index in [1.807, 2.05) is 0 Å². The first-order valence-corrected chi connectivity index (χ1v) is 4.01. The maximum atomic E-state index is 12.3. The van der Waals surface area contributed by atoms with Crippen molar-refractivity contribution in [1.82, 2.24) is 4.98 Å². The Balaban J connectivity index is 2.30. The maximum Gasteiger partial charge on any atom is 0.213 e. The van der Waals surface area contributed by atoms with Crippen LogP contribution in [-0.2, 0) is 0 Å². The van der Waals surface area contributed by atoms with Crippen LogP contribution in [0.3, 0.4) is 0 Å². The predicted octanol–water partition coefficient (Wildman–Crippen LogP) is 2.01. The van der Waals surface area contributed by atoms with Gasteiger partial charge in [0.2, 0.25) is 5.95 Å². The van der Waals surface area contributed by atoms with Gasteiger partial charge >= 0.3 is 0 Å². The molecule has 0 unspecified atom stereocenters. The molecular formula is C10H10FNO. The lowest BCUT2D eigenvalue weighted by Crippen LogP contribution is -1.97. The smallest absolute Gasteiger partial charge is 0.213 e. The molecule has 0 radical (unpaired) electrons. The Morgan fingerprint density at radius 2 is 2.38 bits per heavy atom. The van der Waals surface area contributed by atoms with Crippen molar-refractivity contribution in [2.75, 3.05) is 6.61 Å². The van der Waals surface area contributed by atoms with Crippen LogP contribution >= 0.6 is 0 Å². The number of nitrogens with zero attached hydrogens (tertiary/aromatic N) is 1. The Morgan fingerprint density at radius 3 is 3.00 bits per heavy atom. The number of aromatic nitrogens is 1. The average Bonchev–Trinajstić information content (AvgIpc) is 2.15. The molecule has 0 aliphatic rings. The van der Waals surface area contributed by atoms with Crippen LogP contribution in [0.5, 0.6) is 5.75 Å². The van der Waals surface area contributed by atoms with Crippen molar-refractivity contribution in [3.05, 3.63) is 24.3 Å². The Bertz CT molecular complexity index is 289. The van der Waals surface area contributed by atoms with Crippen molar-refractivity contribution >= 4 is 0 Å². The molecule has 0 fully saturated rings. The van der Waals surface area contributed by atoms with Gasteiger partial charge in [-0.2, -0.15) is 4.39 Å². The summed E-state index contributed by atoms with van der Waals surface area (Å²) in [5.41, 5.74) is 0. The van der Waals surface area contributed by atoms with E-state index < -0.39 is 5.95 Å². The highest BCUT2D eigenvalue weighted by Gasteiger charge is 1.94. The lowest BCUT2D eigenvalue weighted by atomic mass is 10.3. The first-order chi connectivity index (χ1) is 6.33. The second-order valence-electron chi connectivity index (χ2n) is 2.47. The Labute approximate surface area is 76.8 Å². The molecule has 0 saturated carbocycles. The summed E-state index contributed by atoms with van der Waals surface area (Å²) in [7, 11) is 0. The Kier molecular flexibility index (Phi) is 3.77. The summed E-state index contributed by atoms with van der Waals surface area (Å²) < 4.78 is 17.6. The largest absolute Gasteiger partial charge is 0.492 e. The monoisotopic (exact) mass is 179 g/mol. The standard InChI is InChI=1S/C10H10FNO/c1-2-3-4-7-13-9-5-6-10(11)12-8-9/h1,5-6,8H,3-4,7H2. The van der Waals surface area contributed by atoms with Crippen LogP contribution in [0.15, 0.2) is 18.3 Å². The second-order valence-corrected chi connectivity index (χ2v) is 2.47. The number of hydrogen-bond donors (Lipinski definition) is 0. The molecule has 0 spiro atoms. The molecule has 2 nitrogen and oxygen atoms in total. The summed E-state index contributed by atoms with van der Waals surface area (Å²) in [6.45, 7) is 0.539. The molecule has 0 amide bonds. The molecule has 0 bridgehead atoms. The Hall–Kier alpha value is -1.56. The fourth-order valence-electron chi connectivity index (χ4n) is 0.812. The van der Waals surface area contributed by atoms with E-state index in [2.05, 4.69) is 10.9 Å². The van der Waals surface area contributed by atoms with Crippen LogP contribution in [0, 0.1) is 18.3 Å². The Morgan fingerprint density at radius 1 is 1.54 bits per heavy atom. The van der Waals surface area contributed by atoms with E-state index in [1.165, 1.54) is 18.3 Å². The third-order valence-electron chi connectivity index (χ3n) is 1.43. The maximum absolute atomic E-state index is 12.3. The highest BCUT2D eigenvalue weighted by atomic mass is 19.1. The minimum atomic E-state index is -0.504. The van der Waals surface area contributed by atoms with Crippen LogP contribution in [0.1, 0.15) is 12.8 Å². The number of terminal acetylenes is 1. The molecule has 68 valence electrons. The van der Waals surface area contributed by atoms with Crippen LogP contribution in [0.4, 0.5) is 4.39 Å². The number of ether oxygens (including phenoxy) is 1. The molecule has 1 rings (SSSR count). The molecule has 0 atom stereocenters. The SMILES string of the molecule is C#CCCCOc1ccc(F)nc1. The normalized spacial score (nSPS) is 9.23. The van der Waals surface area contributed by atoms with Gasteiger partial charge in [-0.25, -0.2) is 4.98 Å². The van der Waals surface area contributed by atoms with Gasteiger partial charge in [0.05, 0.1) is 12.8 Å². The lowest BCUT2D eigenvalue weighted by Gasteiger charge is -2.02. The van der Waals surface area contributed by atoms with Crippen LogP contribution in [0.2, 0.25) is 0 Å². The molecular weight excluding hydrogens is 169 g/mol. The lowest BCUT2D eigenvalue weighted by molar-refractivity contribution is 0.310. The summed E-state index contributed by atoms with van der Waals surface area (Å²) in [5, 5.41) is 0. The fourth-order valence-corrected chi connectivity index (χ4v) is 0.812. The van der Waals surface area contributed by atoms with E-state index in [4.69, 9.17) is 11.2 Å². The van der Waals surface area contributed by atoms with Gasteiger partial charge in [-0.05, 0) is 18.6 Å². The number of hydrogen-bond acceptors (Lipinski definition) is 2. The minimum Gasteiger partial charge on any atom is -0.492 e. The zero-order valence-corrected chi connectivity index (χ0v) is 7.16. The molecule has 0 aromatic carbocycles. The van der Waals surface area contributed by atoms with E-state index in [0.717, 1.165) is 6.42 Å². The quantitative estimate of drug-likeness (QED) is 0.400. The summed E-state index contributed by atoms with van der Waals surface area (Å²) in [5.74, 6) is 2.57. The van der Waals surface area contributed by atoms with Gasteiger partial charge < -0.3 is 4.74 Å². The van der Waals surface area contributed by atoms with E-state index in [9.17, 15) is 4.39 Å². The molecule has 0 saturated heterocycles. The second kappa shape index (κ2) is 5.15. The average molecular weight is 179 g/mol. The van der Waals surface area contributed by atoms with Crippen LogP contribution in [0.25, 0.3) is 0 Å². The van der Waals surface area contributed by atoms with Crippen molar-refractivity contribution < 1.29 is 9.13 Å². The molecule has 0 aliphatic carbocycles. The van der Waals surface area contributed by atoms with Crippen molar-refractivity contribution in [2.45, 2.75) is 12.8 Å². The van der Waals surface area contributed by atoms with Crippen LogP contribution in [-0.4, -0.2) is 11.6 Å². The van der Waals surface area contributed by atoms with Crippen molar-refractivity contribution in [3.8, 4) is 18.1 Å². The van der Waals surface area contributed by atoms with E-state index in [1.54, 1.807) is 0 Å². The number of unbranched alkanes of at least 4 members (excludes halogenated alkanes) is 1. The van der Waals surface area contributed by atoms with Gasteiger partial charge in [-0.15, -0.1) is 12.3 Å². The first kappa shape index (κ1) is 9.53. The number of rotatable bonds is 4. The third kappa shape index (κ3) is 3.57. The van der Waals surface area contributed by atoms with E-state index in [0.29, 0.717) is 18.8 Å². The third-order valence-corrected chi connectivity index (χ3v) is 1.43. The highest BCUT2D eigenvalue weighted by Crippen LogP contribution is 2.08. The van der Waals surface area contributed by atoms with Crippen molar-refractivity contribution in [1.29, 1.82) is 0 Å². The number of halogens is 1. The van der Waals surface area contributed by atoms with E-state index in [-0.39, 0.29) is 0 Å². The van der Waals surface area contributed by atoms with Gasteiger partial charge in [0.1, 0.15) is 5.75 Å². The molecule has 0 aliphatic heterocycles. The zero-order valence-electron chi connectivity index (χ0n) is 7.16. The van der Waals surface area contributed by atoms with Gasteiger partial charge in [0, 0.05) is 6.42 Å². The fraction of sp³-hybridized carbons (Fsp3) is 0.300. The summed E-state index contributed by atoms with van der Waals surface area (Å²) in [6.07, 6.45) is 7.90. The molecule has 1 aromatic rings. The summed E-state index contributed by atoms with van der Waals surface area (Å²) in [6, 6.07) is 2.80. The topological polar surface area (TPSA) is 22.1 Å². The molecule has 1 aromatic heterocycles. The van der Waals surface area contributed by atoms with Gasteiger partial charge in [-0.1, -0.05) is 0 Å². The predicted molar refractivity (Wildman–Crippen MR) is 47.8 cm³/mol. The van der Waals surface area contributed by atoms with E-state index >= 15 is 0 Å². The van der Waals surface area contributed by atoms with Crippen molar-refractivity contribution in [3.63, 3.8) is 0 Å². The molecule has 1 heterocycles. The molecule has 3 heteroatoms. The minimum absolute atomic E-state index is 0.504. The van der Waals surface area contributed by atoms with Gasteiger partial charge in [0.25, 0.3) is 0 Å². The van der Waals surface area contributed by atoms with Crippen LogP contribution < -0.4 is 4.74 Å². The van der Waals surface area contributed by atoms with Crippen molar-refractivity contribution in [2.24, 2.45) is 0 Å². The first-order valence-electron chi connectivity index (χ1n) is 4.01. The molecule has 13 heavy (non-hydrogen) atoms. The summed E-state index contributed by atoms with van der Waals surface area (Å²) in [4.78, 5) is 3.45. The zero-order chi connectivity index (χ0) is 9.52. The highest BCUT2D eigenvalue weighted by molar-refractivity contribution is 5.15. The summed E-state index contributed by atoms with van der Waals surface area (Å²) >= 11 is 0. The van der Waals surface area contributed by atoms with Gasteiger partial charge in [-0.3, -0.25) is 0 Å². The van der Waals surface area contributed by atoms with Gasteiger partial charge in [0.15, 0.2) is 0 Å². The number of pyridine rings is 1. The molecule has 0 N–H and O–H groups in total.